The van der Waals surface area contributed by atoms with Crippen molar-refractivity contribution >= 4 is 0 Å². The molecule has 0 aromatic carbocycles. The van der Waals surface area contributed by atoms with Crippen molar-refractivity contribution < 1.29 is 4.74 Å². The van der Waals surface area contributed by atoms with Gasteiger partial charge in [0.05, 0.1) is 12.2 Å². The molecule has 2 atom stereocenters. The van der Waals surface area contributed by atoms with Crippen LogP contribution in [0.15, 0.2) is 0 Å². The molecule has 1 aliphatic heterocycles. The molecule has 0 aromatic rings. The van der Waals surface area contributed by atoms with E-state index >= 15 is 0 Å². The van der Waals surface area contributed by atoms with Crippen LogP contribution in [-0.2, 0) is 4.74 Å². The molecule has 3 aliphatic rings. The Morgan fingerprint density at radius 3 is 1.92 bits per heavy atom. The maximum Gasteiger partial charge on any atom is 0.0972 e. The normalized spacial score (nSPS) is 52.0. The molecule has 68 valence electrons. The van der Waals surface area contributed by atoms with Gasteiger partial charge >= 0.3 is 0 Å². The average Bonchev–Trinajstić information content (AvgIpc) is 2.74. The second-order valence-corrected chi connectivity index (χ2v) is 4.85. The lowest BCUT2D eigenvalue weighted by Crippen LogP contribution is -2.26. The second-order valence-electron chi connectivity index (χ2n) is 4.85. The second kappa shape index (κ2) is 2.47. The van der Waals surface area contributed by atoms with Crippen molar-refractivity contribution in [3.8, 4) is 0 Å². The highest BCUT2D eigenvalue weighted by Gasteiger charge is 2.59. The zero-order chi connectivity index (χ0) is 8.02. The lowest BCUT2D eigenvalue weighted by Gasteiger charge is -2.23. The summed E-state index contributed by atoms with van der Waals surface area (Å²) in [6.07, 6.45) is 10.2. The van der Waals surface area contributed by atoms with E-state index in [9.17, 15) is 0 Å². The van der Waals surface area contributed by atoms with Gasteiger partial charge in [0, 0.05) is 0 Å². The summed E-state index contributed by atoms with van der Waals surface area (Å²) in [5, 5.41) is 0. The summed E-state index contributed by atoms with van der Waals surface area (Å²) in [4.78, 5) is 0. The third-order valence-corrected chi connectivity index (χ3v) is 4.33. The van der Waals surface area contributed by atoms with Gasteiger partial charge in [-0.25, -0.2) is 0 Å². The first kappa shape index (κ1) is 7.37. The summed E-state index contributed by atoms with van der Waals surface area (Å²) in [6.45, 7) is 1.10. The Bertz CT molecular complexity index is 167. The number of hydrogen-bond donors (Lipinski definition) is 0. The highest BCUT2D eigenvalue weighted by Crippen LogP contribution is 2.56. The maximum atomic E-state index is 5.76. The highest BCUT2D eigenvalue weighted by atomic mass is 16.6. The van der Waals surface area contributed by atoms with E-state index in [1.807, 2.05) is 0 Å². The molecule has 3 rings (SSSR count). The molecule has 1 heterocycles. The molecule has 1 saturated heterocycles. The molecule has 2 bridgehead atoms. The molecule has 0 radical (unpaired) electrons. The fraction of sp³-hybridized carbons (Fsp3) is 1.00. The summed E-state index contributed by atoms with van der Waals surface area (Å²) in [7, 11) is 0. The Balaban J connectivity index is 1.83. The standard InChI is InChI=1S/C11H18O/c1-2-4-9-6-7-10(5-3-1)11(9)8-12-11/h9-10H,1-8H2. The third-order valence-electron chi connectivity index (χ3n) is 4.33. The van der Waals surface area contributed by atoms with Crippen LogP contribution in [0.3, 0.4) is 0 Å². The molecule has 2 saturated carbocycles. The summed E-state index contributed by atoms with van der Waals surface area (Å²) >= 11 is 0. The van der Waals surface area contributed by atoms with Crippen molar-refractivity contribution in [3.05, 3.63) is 0 Å². The molecule has 0 amide bonds. The molecule has 12 heavy (non-hydrogen) atoms. The smallest absolute Gasteiger partial charge is 0.0972 e. The van der Waals surface area contributed by atoms with E-state index in [4.69, 9.17) is 4.74 Å². The minimum absolute atomic E-state index is 0.431. The average molecular weight is 166 g/mol. The summed E-state index contributed by atoms with van der Waals surface area (Å²) < 4.78 is 5.76. The van der Waals surface area contributed by atoms with Gasteiger partial charge in [0.25, 0.3) is 0 Å². The number of epoxide rings is 1. The minimum Gasteiger partial charge on any atom is -0.369 e. The molecule has 0 aromatic heterocycles. The summed E-state index contributed by atoms with van der Waals surface area (Å²) in [6, 6.07) is 0. The first-order valence-electron chi connectivity index (χ1n) is 5.56. The number of rotatable bonds is 0. The van der Waals surface area contributed by atoms with E-state index in [1.54, 1.807) is 0 Å². The fourth-order valence-corrected chi connectivity index (χ4v) is 3.51. The van der Waals surface area contributed by atoms with Gasteiger partial charge in [0.1, 0.15) is 0 Å². The van der Waals surface area contributed by atoms with E-state index in [2.05, 4.69) is 0 Å². The first-order valence-corrected chi connectivity index (χ1v) is 5.56. The van der Waals surface area contributed by atoms with E-state index < -0.39 is 0 Å². The topological polar surface area (TPSA) is 12.5 Å². The monoisotopic (exact) mass is 166 g/mol. The quantitative estimate of drug-likeness (QED) is 0.504. The zero-order valence-corrected chi connectivity index (χ0v) is 7.72. The van der Waals surface area contributed by atoms with Crippen molar-refractivity contribution in [2.75, 3.05) is 6.61 Å². The first-order chi connectivity index (χ1) is 5.92. The molecule has 1 nitrogen and oxygen atoms in total. The molecule has 2 unspecified atom stereocenters. The summed E-state index contributed by atoms with van der Waals surface area (Å²) in [5.74, 6) is 1.89. The Kier molecular flexibility index (Phi) is 1.52. The number of ether oxygens (including phenoxy) is 1. The largest absolute Gasteiger partial charge is 0.369 e. The minimum atomic E-state index is 0.431. The van der Waals surface area contributed by atoms with E-state index in [0.29, 0.717) is 5.60 Å². The lowest BCUT2D eigenvalue weighted by atomic mass is 9.81. The van der Waals surface area contributed by atoms with E-state index in [1.165, 1.54) is 44.9 Å². The molecular formula is C11H18O. The predicted molar refractivity (Wildman–Crippen MR) is 48.0 cm³/mol. The van der Waals surface area contributed by atoms with Crippen molar-refractivity contribution in [1.82, 2.24) is 0 Å². The Morgan fingerprint density at radius 1 is 0.833 bits per heavy atom. The van der Waals surface area contributed by atoms with Gasteiger partial charge in [-0.15, -0.1) is 0 Å². The van der Waals surface area contributed by atoms with Crippen LogP contribution in [0.1, 0.15) is 44.9 Å². The maximum absolute atomic E-state index is 5.76. The molecular weight excluding hydrogens is 148 g/mol. The molecule has 1 spiro atoms. The van der Waals surface area contributed by atoms with Gasteiger partial charge in [-0.05, 0) is 37.5 Å². The van der Waals surface area contributed by atoms with Crippen LogP contribution in [0.4, 0.5) is 0 Å². The molecule has 0 N–H and O–H groups in total. The van der Waals surface area contributed by atoms with Crippen LogP contribution in [-0.4, -0.2) is 12.2 Å². The predicted octanol–water partition coefficient (Wildman–Crippen LogP) is 2.75. The van der Waals surface area contributed by atoms with Gasteiger partial charge < -0.3 is 4.74 Å². The Hall–Kier alpha value is -0.0400. The van der Waals surface area contributed by atoms with Gasteiger partial charge in [-0.1, -0.05) is 19.3 Å². The Labute approximate surface area is 74.5 Å². The van der Waals surface area contributed by atoms with Crippen molar-refractivity contribution in [3.63, 3.8) is 0 Å². The zero-order valence-electron chi connectivity index (χ0n) is 7.72. The Morgan fingerprint density at radius 2 is 1.42 bits per heavy atom. The third kappa shape index (κ3) is 0.891. The van der Waals surface area contributed by atoms with Crippen molar-refractivity contribution in [1.29, 1.82) is 0 Å². The van der Waals surface area contributed by atoms with E-state index in [-0.39, 0.29) is 0 Å². The number of hydrogen-bond acceptors (Lipinski definition) is 1. The van der Waals surface area contributed by atoms with Gasteiger partial charge in [-0.3, -0.25) is 0 Å². The van der Waals surface area contributed by atoms with E-state index in [0.717, 1.165) is 18.4 Å². The molecule has 3 fully saturated rings. The van der Waals surface area contributed by atoms with Gasteiger partial charge in [0.2, 0.25) is 0 Å². The highest BCUT2D eigenvalue weighted by molar-refractivity contribution is 5.08. The van der Waals surface area contributed by atoms with Crippen LogP contribution in [0.25, 0.3) is 0 Å². The van der Waals surface area contributed by atoms with Crippen LogP contribution in [0.5, 0.6) is 0 Å². The van der Waals surface area contributed by atoms with Crippen molar-refractivity contribution in [2.24, 2.45) is 11.8 Å². The van der Waals surface area contributed by atoms with Crippen LogP contribution >= 0.6 is 0 Å². The lowest BCUT2D eigenvalue weighted by molar-refractivity contribution is 0.169. The SMILES string of the molecule is C1CCC2CCC(CC1)C21CO1. The van der Waals surface area contributed by atoms with Crippen LogP contribution < -0.4 is 0 Å². The molecule has 1 heteroatoms. The van der Waals surface area contributed by atoms with Gasteiger partial charge in [-0.2, -0.15) is 0 Å². The summed E-state index contributed by atoms with van der Waals surface area (Å²) in [5.41, 5.74) is 0.431. The van der Waals surface area contributed by atoms with Crippen LogP contribution in [0, 0.1) is 11.8 Å². The van der Waals surface area contributed by atoms with Gasteiger partial charge in [0.15, 0.2) is 0 Å². The van der Waals surface area contributed by atoms with Crippen molar-refractivity contribution in [2.45, 2.75) is 50.5 Å². The van der Waals surface area contributed by atoms with Crippen LogP contribution in [0.2, 0.25) is 0 Å². The fourth-order valence-electron chi connectivity index (χ4n) is 3.51. The molecule has 2 aliphatic carbocycles.